The Balaban J connectivity index is 1.65. The molecule has 1 aliphatic carbocycles. The topological polar surface area (TPSA) is 17.1 Å². The molecule has 0 saturated carbocycles. The highest BCUT2D eigenvalue weighted by atomic mass is 31.1. The van der Waals surface area contributed by atoms with Gasteiger partial charge >= 0.3 is 7.80 Å². The minimum absolute atomic E-state index is 0.424. The Kier molecular flexibility index (Phi) is 3.89. The number of benzene rings is 5. The molecule has 0 fully saturated rings. The molecule has 5 aromatic carbocycles. The van der Waals surface area contributed by atoms with E-state index < -0.39 is 13.2 Å². The maximum Gasteiger partial charge on any atom is 0.416 e. The molecule has 0 radical (unpaired) electrons. The fraction of sp³-hybridized carbons (Fsp3) is 0.0323. The first-order chi connectivity index (χ1) is 16.3. The number of hydrogen-bond acceptors (Lipinski definition) is 1. The molecule has 1 nitrogen and oxygen atoms in total. The summed E-state index contributed by atoms with van der Waals surface area (Å²) in [7, 11) is -1.58. The number of fused-ring (bicyclic) bond motifs is 6. The van der Waals surface area contributed by atoms with Crippen molar-refractivity contribution in [3.8, 4) is 22.3 Å². The first-order valence-corrected chi connectivity index (χ1v) is 12.5. The molecule has 0 spiro atoms. The summed E-state index contributed by atoms with van der Waals surface area (Å²) < 4.78 is 13.4. The van der Waals surface area contributed by atoms with Crippen molar-refractivity contribution in [2.45, 2.75) is 5.41 Å². The van der Waals surface area contributed by atoms with Gasteiger partial charge in [0.1, 0.15) is 0 Å². The average molecular weight is 439 g/mol. The van der Waals surface area contributed by atoms with Crippen molar-refractivity contribution < 1.29 is 4.57 Å². The van der Waals surface area contributed by atoms with E-state index in [0.717, 1.165) is 21.7 Å². The van der Waals surface area contributed by atoms with Crippen molar-refractivity contribution in [3.63, 3.8) is 0 Å². The van der Waals surface area contributed by atoms with Gasteiger partial charge in [-0.25, -0.2) is 0 Å². The predicted octanol–water partition coefficient (Wildman–Crippen LogP) is 6.81. The minimum atomic E-state index is -1.58. The summed E-state index contributed by atoms with van der Waals surface area (Å²) in [6.45, 7) is 0. The third-order valence-electron chi connectivity index (χ3n) is 7.21. The zero-order valence-corrected chi connectivity index (χ0v) is 18.8. The second-order valence-electron chi connectivity index (χ2n) is 8.75. The summed E-state index contributed by atoms with van der Waals surface area (Å²) in [5.41, 5.74) is 9.24. The van der Waals surface area contributed by atoms with E-state index >= 15 is 0 Å². The molecule has 1 aliphatic heterocycles. The van der Waals surface area contributed by atoms with Crippen LogP contribution in [-0.4, -0.2) is 0 Å². The lowest BCUT2D eigenvalue weighted by Crippen LogP contribution is -2.28. The monoisotopic (exact) mass is 439 g/mol. The van der Waals surface area contributed by atoms with E-state index in [1.54, 1.807) is 0 Å². The second kappa shape index (κ2) is 6.85. The van der Waals surface area contributed by atoms with Crippen molar-refractivity contribution in [3.05, 3.63) is 144 Å². The van der Waals surface area contributed by atoms with Crippen molar-refractivity contribution in [2.75, 3.05) is 0 Å². The first-order valence-electron chi connectivity index (χ1n) is 11.3. The molecule has 0 saturated heterocycles. The van der Waals surface area contributed by atoms with Gasteiger partial charge in [0, 0.05) is 17.2 Å². The highest BCUT2D eigenvalue weighted by Crippen LogP contribution is 2.57. The molecule has 1 unspecified atom stereocenters. The standard InChI is InChI=1S/C31H20OP/c32-33-29-18-10-8-16-24(29)26-19-28-25(20-30(26)33)23-15-7-9-17-27(23)31(28,21-11-3-1-4-12-21)22-13-5-2-6-14-22/h1-20H/q+1. The van der Waals surface area contributed by atoms with Crippen LogP contribution in [0.25, 0.3) is 22.3 Å². The normalized spacial score (nSPS) is 15.5. The quantitative estimate of drug-likeness (QED) is 0.271. The lowest BCUT2D eigenvalue weighted by Gasteiger charge is -2.34. The van der Waals surface area contributed by atoms with E-state index in [-0.39, 0.29) is 0 Å². The van der Waals surface area contributed by atoms with E-state index in [0.29, 0.717) is 0 Å². The van der Waals surface area contributed by atoms with Crippen LogP contribution < -0.4 is 10.6 Å². The van der Waals surface area contributed by atoms with E-state index in [9.17, 15) is 4.57 Å². The minimum Gasteiger partial charge on any atom is -0.0622 e. The summed E-state index contributed by atoms with van der Waals surface area (Å²) in [5, 5.41) is 1.90. The molecule has 0 bridgehead atoms. The van der Waals surface area contributed by atoms with E-state index in [2.05, 4.69) is 103 Å². The van der Waals surface area contributed by atoms with Crippen LogP contribution in [-0.2, 0) is 9.98 Å². The Labute approximate surface area is 194 Å². The molecule has 1 heterocycles. The zero-order valence-electron chi connectivity index (χ0n) is 17.9. The van der Waals surface area contributed by atoms with Gasteiger partial charge in [-0.2, -0.15) is 0 Å². The Bertz CT molecular complexity index is 1530. The van der Waals surface area contributed by atoms with Crippen LogP contribution in [0.4, 0.5) is 0 Å². The molecule has 2 heteroatoms. The van der Waals surface area contributed by atoms with Gasteiger partial charge in [0.15, 0.2) is 0 Å². The van der Waals surface area contributed by atoms with Gasteiger partial charge < -0.3 is 0 Å². The fourth-order valence-electron chi connectivity index (χ4n) is 5.87. The van der Waals surface area contributed by atoms with Crippen LogP contribution in [0.2, 0.25) is 0 Å². The third-order valence-corrected chi connectivity index (χ3v) is 8.84. The van der Waals surface area contributed by atoms with Crippen molar-refractivity contribution in [1.82, 2.24) is 0 Å². The number of rotatable bonds is 2. The van der Waals surface area contributed by atoms with E-state index in [1.807, 2.05) is 18.2 Å². The maximum atomic E-state index is 13.4. The predicted molar refractivity (Wildman–Crippen MR) is 136 cm³/mol. The molecule has 0 N–H and O–H groups in total. The molecule has 33 heavy (non-hydrogen) atoms. The van der Waals surface area contributed by atoms with Gasteiger partial charge in [0.25, 0.3) is 0 Å². The van der Waals surface area contributed by atoms with Gasteiger partial charge in [-0.1, -0.05) is 102 Å². The van der Waals surface area contributed by atoms with Crippen molar-refractivity contribution in [1.29, 1.82) is 0 Å². The fourth-order valence-corrected chi connectivity index (χ4v) is 7.41. The van der Waals surface area contributed by atoms with Crippen LogP contribution in [0.5, 0.6) is 0 Å². The number of hydrogen-bond donors (Lipinski definition) is 0. The molecular weight excluding hydrogens is 419 g/mol. The second-order valence-corrected chi connectivity index (χ2v) is 10.3. The van der Waals surface area contributed by atoms with Crippen molar-refractivity contribution in [2.24, 2.45) is 0 Å². The molecule has 0 amide bonds. The van der Waals surface area contributed by atoms with Gasteiger partial charge in [-0.15, -0.1) is 0 Å². The van der Waals surface area contributed by atoms with E-state index in [4.69, 9.17) is 0 Å². The first kappa shape index (κ1) is 18.7. The van der Waals surface area contributed by atoms with Crippen LogP contribution in [0.3, 0.4) is 0 Å². The Morgan fingerprint density at radius 1 is 0.455 bits per heavy atom. The van der Waals surface area contributed by atoms with Gasteiger partial charge in [-0.05, 0) is 51.6 Å². The molecule has 154 valence electrons. The summed E-state index contributed by atoms with van der Waals surface area (Å²) in [6, 6.07) is 43.0. The summed E-state index contributed by atoms with van der Waals surface area (Å²) in [4.78, 5) is 0. The van der Waals surface area contributed by atoms with E-state index in [1.165, 1.54) is 33.4 Å². The van der Waals surface area contributed by atoms with Crippen LogP contribution >= 0.6 is 7.80 Å². The van der Waals surface area contributed by atoms with Gasteiger partial charge in [-0.3, -0.25) is 0 Å². The van der Waals surface area contributed by atoms with Crippen LogP contribution in [0, 0.1) is 0 Å². The highest BCUT2D eigenvalue weighted by Gasteiger charge is 2.49. The molecule has 2 aliphatic rings. The smallest absolute Gasteiger partial charge is 0.0622 e. The molecule has 1 atom stereocenters. The Hall–Kier alpha value is -3.80. The van der Waals surface area contributed by atoms with Crippen molar-refractivity contribution >= 4 is 18.4 Å². The lowest BCUT2D eigenvalue weighted by atomic mass is 9.67. The molecule has 7 rings (SSSR count). The maximum absolute atomic E-state index is 13.4. The SMILES string of the molecule is O=[P+]1c2ccccc2-c2cc3c(cc21)-c1ccccc1C3(c1ccccc1)c1ccccc1. The third kappa shape index (κ3) is 2.38. The molecule has 5 aromatic rings. The average Bonchev–Trinajstić information content (AvgIpc) is 3.34. The van der Waals surface area contributed by atoms with Gasteiger partial charge in [0.05, 0.1) is 5.41 Å². The summed E-state index contributed by atoms with van der Waals surface area (Å²) in [5.74, 6) is 0. The zero-order chi connectivity index (χ0) is 22.0. The van der Waals surface area contributed by atoms with Crippen LogP contribution in [0.1, 0.15) is 22.3 Å². The summed E-state index contributed by atoms with van der Waals surface area (Å²) in [6.07, 6.45) is 0. The lowest BCUT2D eigenvalue weighted by molar-refractivity contribution is 0.598. The molecular formula is C31H20OP+. The van der Waals surface area contributed by atoms with Crippen LogP contribution in [0.15, 0.2) is 121 Å². The highest BCUT2D eigenvalue weighted by molar-refractivity contribution is 7.63. The Morgan fingerprint density at radius 3 is 1.73 bits per heavy atom. The van der Waals surface area contributed by atoms with Gasteiger partial charge in [0.2, 0.25) is 10.6 Å². The largest absolute Gasteiger partial charge is 0.416 e. The Morgan fingerprint density at radius 2 is 1.03 bits per heavy atom. The molecule has 0 aromatic heterocycles. The summed E-state index contributed by atoms with van der Waals surface area (Å²) >= 11 is 0.